The molecule has 4 nitrogen and oxygen atoms in total. The number of nitrogens with zero attached hydrogens (tertiary/aromatic N) is 1. The summed E-state index contributed by atoms with van der Waals surface area (Å²) in [4.78, 5) is 11.1. The molecule has 0 saturated carbocycles. The van der Waals surface area contributed by atoms with Crippen molar-refractivity contribution in [2.75, 3.05) is 7.11 Å². The maximum atomic E-state index is 11.1. The van der Waals surface area contributed by atoms with E-state index in [9.17, 15) is 4.79 Å². The van der Waals surface area contributed by atoms with Gasteiger partial charge in [0, 0.05) is 3.57 Å². The van der Waals surface area contributed by atoms with Gasteiger partial charge in [0.15, 0.2) is 0 Å². The maximum Gasteiger partial charge on any atom is 0.253 e. The van der Waals surface area contributed by atoms with E-state index in [1.165, 1.54) is 7.11 Å². The van der Waals surface area contributed by atoms with Crippen molar-refractivity contribution in [3.8, 4) is 11.8 Å². The van der Waals surface area contributed by atoms with Crippen LogP contribution in [0.2, 0.25) is 0 Å². The van der Waals surface area contributed by atoms with Gasteiger partial charge in [0.1, 0.15) is 11.8 Å². The van der Waals surface area contributed by atoms with Crippen LogP contribution in [0.1, 0.15) is 15.9 Å². The third kappa shape index (κ3) is 1.80. The summed E-state index contributed by atoms with van der Waals surface area (Å²) in [5.74, 6) is -0.352. The lowest BCUT2D eigenvalue weighted by molar-refractivity contribution is 0.0996. The van der Waals surface area contributed by atoms with Gasteiger partial charge < -0.3 is 10.5 Å². The fourth-order valence-electron chi connectivity index (χ4n) is 1.09. The van der Waals surface area contributed by atoms with Crippen LogP contribution >= 0.6 is 22.6 Å². The number of ether oxygens (including phenoxy) is 1. The summed E-state index contributed by atoms with van der Waals surface area (Å²) >= 11 is 1.97. The lowest BCUT2D eigenvalue weighted by Crippen LogP contribution is -2.15. The van der Waals surface area contributed by atoms with E-state index < -0.39 is 5.91 Å². The Morgan fingerprint density at radius 2 is 2.29 bits per heavy atom. The van der Waals surface area contributed by atoms with Gasteiger partial charge in [0.2, 0.25) is 0 Å². The molecule has 0 aliphatic carbocycles. The number of hydrogen-bond donors (Lipinski definition) is 1. The highest BCUT2D eigenvalue weighted by molar-refractivity contribution is 14.1. The third-order valence-corrected chi connectivity index (χ3v) is 2.58. The van der Waals surface area contributed by atoms with Gasteiger partial charge in [-0.1, -0.05) is 0 Å². The number of benzene rings is 1. The molecule has 0 fully saturated rings. The minimum Gasteiger partial charge on any atom is -0.494 e. The van der Waals surface area contributed by atoms with Crippen LogP contribution in [0, 0.1) is 14.9 Å². The molecule has 0 aliphatic rings. The van der Waals surface area contributed by atoms with Crippen molar-refractivity contribution in [3.05, 3.63) is 26.8 Å². The number of primary amides is 1. The molecule has 1 rings (SSSR count). The molecule has 1 aromatic carbocycles. The Bertz CT molecular complexity index is 424. The third-order valence-electron chi connectivity index (χ3n) is 1.68. The van der Waals surface area contributed by atoms with Crippen molar-refractivity contribution < 1.29 is 9.53 Å². The van der Waals surface area contributed by atoms with Crippen molar-refractivity contribution in [2.24, 2.45) is 5.73 Å². The molecule has 0 atom stereocenters. The van der Waals surface area contributed by atoms with Gasteiger partial charge in [-0.3, -0.25) is 4.79 Å². The van der Waals surface area contributed by atoms with Crippen molar-refractivity contribution >= 4 is 28.5 Å². The summed E-state index contributed by atoms with van der Waals surface area (Å²) in [7, 11) is 1.40. The lowest BCUT2D eigenvalue weighted by Gasteiger charge is -2.08. The topological polar surface area (TPSA) is 76.1 Å². The summed E-state index contributed by atoms with van der Waals surface area (Å²) in [5.41, 5.74) is 5.75. The molecule has 72 valence electrons. The first-order valence-electron chi connectivity index (χ1n) is 3.68. The van der Waals surface area contributed by atoms with Gasteiger partial charge in [-0.2, -0.15) is 5.26 Å². The quantitative estimate of drug-likeness (QED) is 0.836. The van der Waals surface area contributed by atoms with Gasteiger partial charge in [0.25, 0.3) is 5.91 Å². The van der Waals surface area contributed by atoms with Crippen molar-refractivity contribution in [3.63, 3.8) is 0 Å². The highest BCUT2D eigenvalue weighted by Gasteiger charge is 2.16. The number of hydrogen-bond acceptors (Lipinski definition) is 3. The van der Waals surface area contributed by atoms with Gasteiger partial charge in [-0.05, 0) is 34.7 Å². The van der Waals surface area contributed by atoms with Gasteiger partial charge in [0.05, 0.1) is 18.2 Å². The van der Waals surface area contributed by atoms with Crippen LogP contribution in [0.3, 0.4) is 0 Å². The molecular formula is C9H7IN2O2. The molecule has 0 unspecified atom stereocenters. The zero-order valence-corrected chi connectivity index (χ0v) is 9.53. The normalized spacial score (nSPS) is 9.21. The Morgan fingerprint density at radius 1 is 1.64 bits per heavy atom. The van der Waals surface area contributed by atoms with Crippen molar-refractivity contribution in [2.45, 2.75) is 0 Å². The summed E-state index contributed by atoms with van der Waals surface area (Å²) in [6.07, 6.45) is 0. The van der Waals surface area contributed by atoms with Crippen molar-refractivity contribution in [1.82, 2.24) is 0 Å². The minimum atomic E-state index is -0.594. The van der Waals surface area contributed by atoms with Crippen LogP contribution in [0.4, 0.5) is 0 Å². The summed E-state index contributed by atoms with van der Waals surface area (Å²) in [6, 6.07) is 5.18. The summed E-state index contributed by atoms with van der Waals surface area (Å²) in [5, 5.41) is 8.76. The van der Waals surface area contributed by atoms with Gasteiger partial charge >= 0.3 is 0 Å². The Labute approximate surface area is 94.8 Å². The van der Waals surface area contributed by atoms with E-state index >= 15 is 0 Å². The van der Waals surface area contributed by atoms with Crippen LogP contribution in [-0.4, -0.2) is 13.0 Å². The number of amides is 1. The van der Waals surface area contributed by atoms with Gasteiger partial charge in [-0.25, -0.2) is 0 Å². The first-order chi connectivity index (χ1) is 6.61. The average molecular weight is 302 g/mol. The molecule has 0 aliphatic heterocycles. The highest BCUT2D eigenvalue weighted by Crippen LogP contribution is 2.27. The molecule has 0 radical (unpaired) electrons. The second-order valence-corrected chi connectivity index (χ2v) is 3.64. The molecule has 1 amide bonds. The minimum absolute atomic E-state index is 0.243. The number of rotatable bonds is 2. The van der Waals surface area contributed by atoms with Gasteiger partial charge in [-0.15, -0.1) is 0 Å². The Balaban J connectivity index is 3.53. The van der Waals surface area contributed by atoms with E-state index in [0.29, 0.717) is 9.13 Å². The smallest absolute Gasteiger partial charge is 0.253 e. The second-order valence-electron chi connectivity index (χ2n) is 2.48. The molecule has 5 heteroatoms. The molecule has 0 aromatic heterocycles. The molecule has 0 bridgehead atoms. The predicted octanol–water partition coefficient (Wildman–Crippen LogP) is 1.27. The van der Waals surface area contributed by atoms with Crippen LogP contribution in [0.5, 0.6) is 5.75 Å². The Kier molecular flexibility index (Phi) is 3.30. The van der Waals surface area contributed by atoms with E-state index in [2.05, 4.69) is 0 Å². The predicted molar refractivity (Wildman–Crippen MR) is 58.9 cm³/mol. The molecule has 1 aromatic rings. The number of nitriles is 1. The SMILES string of the molecule is COc1c(C#N)ccc(I)c1C(N)=O. The first-order valence-corrected chi connectivity index (χ1v) is 4.76. The van der Waals surface area contributed by atoms with Crippen LogP contribution < -0.4 is 10.5 Å². The van der Waals surface area contributed by atoms with E-state index in [4.69, 9.17) is 15.7 Å². The average Bonchev–Trinajstić information content (AvgIpc) is 2.16. The summed E-state index contributed by atoms with van der Waals surface area (Å²) < 4.78 is 5.65. The van der Waals surface area contributed by atoms with E-state index in [0.717, 1.165) is 0 Å². The fraction of sp³-hybridized carbons (Fsp3) is 0.111. The number of halogens is 1. The number of nitrogens with two attached hydrogens (primary N) is 1. The van der Waals surface area contributed by atoms with E-state index in [-0.39, 0.29) is 11.3 Å². The van der Waals surface area contributed by atoms with Crippen LogP contribution in [0.15, 0.2) is 12.1 Å². The van der Waals surface area contributed by atoms with Crippen molar-refractivity contribution in [1.29, 1.82) is 5.26 Å². The number of methoxy groups -OCH3 is 1. The standard InChI is InChI=1S/C9H7IN2O2/c1-14-8-5(4-11)2-3-6(10)7(8)9(12)13/h2-3H,1H3,(H2,12,13). The van der Waals surface area contributed by atoms with E-state index in [1.807, 2.05) is 28.7 Å². The van der Waals surface area contributed by atoms with E-state index in [1.54, 1.807) is 12.1 Å². The fourth-order valence-corrected chi connectivity index (χ4v) is 1.78. The monoisotopic (exact) mass is 302 g/mol. The zero-order valence-electron chi connectivity index (χ0n) is 7.37. The largest absolute Gasteiger partial charge is 0.494 e. The Hall–Kier alpha value is -1.29. The van der Waals surface area contributed by atoms with Crippen LogP contribution in [0.25, 0.3) is 0 Å². The Morgan fingerprint density at radius 3 is 2.71 bits per heavy atom. The lowest BCUT2D eigenvalue weighted by atomic mass is 10.1. The number of carbonyl (C=O) groups is 1. The summed E-state index contributed by atoms with van der Waals surface area (Å²) in [6.45, 7) is 0. The molecule has 2 N–H and O–H groups in total. The highest BCUT2D eigenvalue weighted by atomic mass is 127. The second kappa shape index (κ2) is 4.28. The maximum absolute atomic E-state index is 11.1. The van der Waals surface area contributed by atoms with Crippen LogP contribution in [-0.2, 0) is 0 Å². The number of carbonyl (C=O) groups excluding carboxylic acids is 1. The first kappa shape index (κ1) is 10.8. The zero-order chi connectivity index (χ0) is 10.7. The molecule has 0 spiro atoms. The molecule has 14 heavy (non-hydrogen) atoms. The molecule has 0 saturated heterocycles. The molecular weight excluding hydrogens is 295 g/mol. The molecule has 0 heterocycles.